The summed E-state index contributed by atoms with van der Waals surface area (Å²) in [6.07, 6.45) is 2.45. The highest BCUT2D eigenvalue weighted by Crippen LogP contribution is 2.44. The number of aliphatic imine (C=N–C) groups is 1. The van der Waals surface area contributed by atoms with Crippen molar-refractivity contribution in [1.29, 1.82) is 0 Å². The Labute approximate surface area is 181 Å². The van der Waals surface area contributed by atoms with Crippen molar-refractivity contribution in [1.82, 2.24) is 15.8 Å². The van der Waals surface area contributed by atoms with Gasteiger partial charge >= 0.3 is 0 Å². The normalized spacial score (nSPS) is 18.8. The number of nitrogens with one attached hydrogen (secondary N) is 2. The largest absolute Gasteiger partial charge is 0.361 e. The number of aromatic nitrogens is 1. The first-order valence-electron chi connectivity index (χ1n) is 8.96. The molecule has 8 heteroatoms. The highest BCUT2D eigenvalue weighted by atomic mass is 127. The molecule has 1 aliphatic carbocycles. The summed E-state index contributed by atoms with van der Waals surface area (Å²) < 4.78 is 19.4. The summed E-state index contributed by atoms with van der Waals surface area (Å²) in [6, 6.07) is 4.93. The SMILES string of the molecule is CCc1noc(CC)c1CNC(=NC)NC1CC1c1c(F)cccc1Cl.I. The van der Waals surface area contributed by atoms with Crippen molar-refractivity contribution >= 4 is 41.5 Å². The Hall–Kier alpha value is -1.35. The third kappa shape index (κ3) is 4.93. The molecule has 1 saturated carbocycles. The molecule has 1 aromatic heterocycles. The summed E-state index contributed by atoms with van der Waals surface area (Å²) in [5.74, 6) is 1.39. The standard InChI is InChI=1S/C19H24ClFN4O.HI/c1-4-15-12(17(5-2)26-25-15)10-23-19(22-3)24-16-9-11(16)18-13(20)7-6-8-14(18)21;/h6-8,11,16H,4-5,9-10H2,1-3H3,(H2,22,23,24);1H. The third-order valence-electron chi connectivity index (χ3n) is 4.75. The van der Waals surface area contributed by atoms with Crippen LogP contribution in [0.3, 0.4) is 0 Å². The Morgan fingerprint density at radius 3 is 2.78 bits per heavy atom. The first-order chi connectivity index (χ1) is 12.6. The van der Waals surface area contributed by atoms with E-state index in [0.29, 0.717) is 23.1 Å². The van der Waals surface area contributed by atoms with Crippen LogP contribution in [0.1, 0.15) is 48.8 Å². The smallest absolute Gasteiger partial charge is 0.191 e. The maximum Gasteiger partial charge on any atom is 0.191 e. The van der Waals surface area contributed by atoms with Gasteiger partial charge in [-0.05, 0) is 25.0 Å². The lowest BCUT2D eigenvalue weighted by Crippen LogP contribution is -2.38. The molecule has 148 valence electrons. The fourth-order valence-electron chi connectivity index (χ4n) is 3.22. The highest BCUT2D eigenvalue weighted by molar-refractivity contribution is 14.0. The fourth-order valence-corrected chi connectivity index (χ4v) is 3.52. The van der Waals surface area contributed by atoms with Crippen LogP contribution in [0, 0.1) is 5.82 Å². The molecule has 2 atom stereocenters. The van der Waals surface area contributed by atoms with Gasteiger partial charge in [-0.1, -0.05) is 36.7 Å². The van der Waals surface area contributed by atoms with Gasteiger partial charge in [0, 0.05) is 48.1 Å². The predicted molar refractivity (Wildman–Crippen MR) is 117 cm³/mol. The summed E-state index contributed by atoms with van der Waals surface area (Å²) in [5.41, 5.74) is 2.64. The molecule has 2 unspecified atom stereocenters. The van der Waals surface area contributed by atoms with Crippen LogP contribution in [0.15, 0.2) is 27.7 Å². The van der Waals surface area contributed by atoms with Crippen molar-refractivity contribution < 1.29 is 8.91 Å². The molecule has 0 amide bonds. The van der Waals surface area contributed by atoms with Crippen molar-refractivity contribution in [3.63, 3.8) is 0 Å². The van der Waals surface area contributed by atoms with Crippen LogP contribution in [0.2, 0.25) is 5.02 Å². The van der Waals surface area contributed by atoms with Gasteiger partial charge in [-0.15, -0.1) is 24.0 Å². The third-order valence-corrected chi connectivity index (χ3v) is 5.08. The molecule has 0 spiro atoms. The van der Waals surface area contributed by atoms with Crippen LogP contribution < -0.4 is 10.6 Å². The van der Waals surface area contributed by atoms with Gasteiger partial charge in [-0.2, -0.15) is 0 Å². The topological polar surface area (TPSA) is 62.5 Å². The van der Waals surface area contributed by atoms with Gasteiger partial charge in [0.25, 0.3) is 0 Å². The van der Waals surface area contributed by atoms with E-state index in [1.54, 1.807) is 19.2 Å². The van der Waals surface area contributed by atoms with E-state index in [0.717, 1.165) is 36.3 Å². The van der Waals surface area contributed by atoms with Crippen LogP contribution in [-0.2, 0) is 19.4 Å². The highest BCUT2D eigenvalue weighted by Gasteiger charge is 2.41. The van der Waals surface area contributed by atoms with Crippen LogP contribution in [0.5, 0.6) is 0 Å². The second-order valence-electron chi connectivity index (χ2n) is 6.39. The van der Waals surface area contributed by atoms with Gasteiger partial charge in [0.05, 0.1) is 5.69 Å². The molecule has 0 bridgehead atoms. The molecular formula is C19H25ClFIN4O. The maximum absolute atomic E-state index is 14.1. The van der Waals surface area contributed by atoms with E-state index < -0.39 is 0 Å². The lowest BCUT2D eigenvalue weighted by Gasteiger charge is -2.13. The number of rotatable bonds is 6. The second-order valence-corrected chi connectivity index (χ2v) is 6.80. The van der Waals surface area contributed by atoms with E-state index in [9.17, 15) is 4.39 Å². The Balaban J connectivity index is 0.00000261. The number of guanidine groups is 1. The van der Waals surface area contributed by atoms with Crippen LogP contribution in [-0.4, -0.2) is 24.2 Å². The van der Waals surface area contributed by atoms with Crippen molar-refractivity contribution in [2.75, 3.05) is 7.05 Å². The summed E-state index contributed by atoms with van der Waals surface area (Å²) in [5, 5.41) is 11.3. The lowest BCUT2D eigenvalue weighted by atomic mass is 10.1. The Bertz CT molecular complexity index is 769. The Morgan fingerprint density at radius 1 is 1.37 bits per heavy atom. The van der Waals surface area contributed by atoms with Crippen LogP contribution in [0.4, 0.5) is 4.39 Å². The number of nitrogens with zero attached hydrogens (tertiary/aromatic N) is 2. The summed E-state index contributed by atoms with van der Waals surface area (Å²) in [7, 11) is 1.72. The minimum Gasteiger partial charge on any atom is -0.361 e. The van der Waals surface area contributed by atoms with E-state index >= 15 is 0 Å². The Kier molecular flexibility index (Phi) is 7.91. The van der Waals surface area contributed by atoms with E-state index in [2.05, 4.69) is 27.7 Å². The molecule has 3 rings (SSSR count). The zero-order valence-corrected chi connectivity index (χ0v) is 18.8. The second kappa shape index (κ2) is 9.73. The van der Waals surface area contributed by atoms with Crippen molar-refractivity contribution in [3.8, 4) is 0 Å². The minimum absolute atomic E-state index is 0. The van der Waals surface area contributed by atoms with E-state index in [4.69, 9.17) is 16.1 Å². The average molecular weight is 507 g/mol. The molecule has 0 radical (unpaired) electrons. The van der Waals surface area contributed by atoms with Crippen molar-refractivity contribution in [2.24, 2.45) is 4.99 Å². The molecule has 1 aromatic carbocycles. The average Bonchev–Trinajstić information content (AvgIpc) is 3.26. The minimum atomic E-state index is -0.251. The van der Waals surface area contributed by atoms with Crippen molar-refractivity contribution in [3.05, 3.63) is 51.6 Å². The van der Waals surface area contributed by atoms with Gasteiger partial charge in [-0.25, -0.2) is 4.39 Å². The van der Waals surface area contributed by atoms with Gasteiger partial charge in [-0.3, -0.25) is 4.99 Å². The van der Waals surface area contributed by atoms with Crippen LogP contribution in [0.25, 0.3) is 0 Å². The van der Waals surface area contributed by atoms with Crippen LogP contribution >= 0.6 is 35.6 Å². The first kappa shape index (κ1) is 21.9. The molecule has 1 fully saturated rings. The first-order valence-corrected chi connectivity index (χ1v) is 9.34. The quantitative estimate of drug-likeness (QED) is 0.346. The summed E-state index contributed by atoms with van der Waals surface area (Å²) >= 11 is 6.16. The molecule has 0 saturated heterocycles. The number of halogens is 3. The maximum atomic E-state index is 14.1. The van der Waals surface area contributed by atoms with E-state index in [-0.39, 0.29) is 41.8 Å². The number of hydrogen-bond acceptors (Lipinski definition) is 3. The Morgan fingerprint density at radius 2 is 2.15 bits per heavy atom. The predicted octanol–water partition coefficient (Wildman–Crippen LogP) is 4.43. The van der Waals surface area contributed by atoms with E-state index in [1.807, 2.05) is 6.92 Å². The van der Waals surface area contributed by atoms with Gasteiger partial charge in [0.15, 0.2) is 5.96 Å². The number of benzene rings is 1. The molecule has 1 heterocycles. The lowest BCUT2D eigenvalue weighted by molar-refractivity contribution is 0.380. The molecule has 2 aromatic rings. The number of hydrogen-bond donors (Lipinski definition) is 2. The molecule has 0 aliphatic heterocycles. The molecule has 2 N–H and O–H groups in total. The van der Waals surface area contributed by atoms with Crippen molar-refractivity contribution in [2.45, 2.75) is 51.6 Å². The monoisotopic (exact) mass is 506 g/mol. The zero-order chi connectivity index (χ0) is 18.7. The molecule has 27 heavy (non-hydrogen) atoms. The van der Waals surface area contributed by atoms with E-state index in [1.165, 1.54) is 6.07 Å². The number of aryl methyl sites for hydroxylation is 2. The molecule has 5 nitrogen and oxygen atoms in total. The molecular weight excluding hydrogens is 482 g/mol. The summed E-state index contributed by atoms with van der Waals surface area (Å²) in [6.45, 7) is 4.69. The van der Waals surface area contributed by atoms with Gasteiger partial charge < -0.3 is 15.2 Å². The van der Waals surface area contributed by atoms with Gasteiger partial charge in [0.2, 0.25) is 0 Å². The summed E-state index contributed by atoms with van der Waals surface area (Å²) in [4.78, 5) is 4.27. The zero-order valence-electron chi connectivity index (χ0n) is 15.7. The fraction of sp³-hybridized carbons (Fsp3) is 0.474. The molecule has 1 aliphatic rings. The van der Waals surface area contributed by atoms with Gasteiger partial charge in [0.1, 0.15) is 11.6 Å².